The van der Waals surface area contributed by atoms with Crippen molar-refractivity contribution < 1.29 is 32.5 Å². The molecule has 2 heterocycles. The van der Waals surface area contributed by atoms with E-state index in [1.807, 2.05) is 135 Å². The lowest BCUT2D eigenvalue weighted by molar-refractivity contribution is 0.446. The molecular formula is C66H77N3O. The highest BCUT2D eigenvalue weighted by Crippen LogP contribution is 2.48. The van der Waals surface area contributed by atoms with Gasteiger partial charge >= 0.3 is 0 Å². The number of phenols is 1. The van der Waals surface area contributed by atoms with Crippen molar-refractivity contribution in [1.82, 2.24) is 14.5 Å². The van der Waals surface area contributed by atoms with E-state index in [0.29, 0.717) is 39.2 Å². The molecule has 0 radical (unpaired) electrons. The molecule has 0 atom stereocenters. The maximum atomic E-state index is 13.4. The van der Waals surface area contributed by atoms with Gasteiger partial charge in [0.25, 0.3) is 0 Å². The molecule has 6 aromatic carbocycles. The lowest BCUT2D eigenvalue weighted by Gasteiger charge is -2.33. The number of imidazole rings is 1. The average molecular weight is 948 g/mol. The van der Waals surface area contributed by atoms with Gasteiger partial charge in [0.15, 0.2) is 0 Å². The predicted octanol–water partition coefficient (Wildman–Crippen LogP) is 18.2. The molecule has 1 N–H and O–H groups in total. The maximum absolute atomic E-state index is 13.4. The van der Waals surface area contributed by atoms with Crippen molar-refractivity contribution in [3.63, 3.8) is 0 Å². The molecule has 0 saturated carbocycles. The zero-order valence-corrected chi connectivity index (χ0v) is 42.3. The fraction of sp³-hybridized carbons (Fsp3) is 0.364. The molecule has 8 rings (SSSR count). The van der Waals surface area contributed by atoms with Gasteiger partial charge in [-0.3, -0.25) is 9.55 Å². The Morgan fingerprint density at radius 2 is 1.06 bits per heavy atom. The molecule has 362 valence electrons. The Morgan fingerprint density at radius 1 is 0.457 bits per heavy atom. The van der Waals surface area contributed by atoms with Crippen LogP contribution in [0.25, 0.3) is 72.7 Å². The first-order chi connectivity index (χ1) is 40.8. The Labute approximate surface area is 448 Å². The van der Waals surface area contributed by atoms with E-state index in [1.54, 1.807) is 24.4 Å². The van der Waals surface area contributed by atoms with Crippen LogP contribution in [0.3, 0.4) is 0 Å². The molecule has 4 nitrogen and oxygen atoms in total. The van der Waals surface area contributed by atoms with Crippen molar-refractivity contribution in [2.75, 3.05) is 0 Å². The van der Waals surface area contributed by atoms with Crippen molar-refractivity contribution in [2.24, 2.45) is 0 Å². The van der Waals surface area contributed by atoms with Crippen LogP contribution in [0, 0.1) is 0 Å². The third kappa shape index (κ3) is 9.89. The van der Waals surface area contributed by atoms with E-state index in [9.17, 15) is 7.85 Å². The summed E-state index contributed by atoms with van der Waals surface area (Å²) in [6.07, 6.45) is 1.72. The zero-order valence-electron chi connectivity index (χ0n) is 62.3. The average Bonchev–Trinajstić information content (AvgIpc) is 0.806. The number of benzene rings is 6. The number of hydrogen-bond donors (Lipinski definition) is 1. The van der Waals surface area contributed by atoms with E-state index in [2.05, 4.69) is 45.0 Å². The number of aromatic nitrogens is 3. The normalized spacial score (nSPS) is 18.3. The largest absolute Gasteiger partial charge is 0.507 e. The molecule has 0 fully saturated rings. The van der Waals surface area contributed by atoms with Gasteiger partial charge in [0, 0.05) is 47.6 Å². The number of phenolic OH excluding ortho intramolecular Hbond substituents is 1. The van der Waals surface area contributed by atoms with Crippen molar-refractivity contribution >= 4 is 11.0 Å². The summed E-state index contributed by atoms with van der Waals surface area (Å²) in [7, 11) is 0. The molecule has 0 aliphatic heterocycles. The summed E-state index contributed by atoms with van der Waals surface area (Å²) in [6, 6.07) is 33.1. The third-order valence-corrected chi connectivity index (χ3v) is 12.9. The highest BCUT2D eigenvalue weighted by atomic mass is 16.3. The molecule has 0 bridgehead atoms. The summed E-state index contributed by atoms with van der Waals surface area (Å²) in [5.74, 6) is -2.31. The predicted molar refractivity (Wildman–Crippen MR) is 300 cm³/mol. The summed E-state index contributed by atoms with van der Waals surface area (Å²) >= 11 is 0. The summed E-state index contributed by atoms with van der Waals surface area (Å²) in [5.41, 5.74) is -6.68. The van der Waals surface area contributed by atoms with E-state index < -0.39 is 109 Å². The Kier molecular flexibility index (Phi) is 7.64. The lowest BCUT2D eigenvalue weighted by atomic mass is 9.76. The van der Waals surface area contributed by atoms with Crippen molar-refractivity contribution in [3.8, 4) is 67.5 Å². The molecule has 8 aromatic rings. The lowest BCUT2D eigenvalue weighted by Crippen LogP contribution is -2.23. The Morgan fingerprint density at radius 3 is 1.64 bits per heavy atom. The highest BCUT2D eigenvalue weighted by Gasteiger charge is 2.34. The number of hydrogen-bond acceptors (Lipinski definition) is 3. The number of rotatable bonds is 6. The zero-order chi connectivity index (χ0) is 67.8. The van der Waals surface area contributed by atoms with Crippen LogP contribution in [-0.2, 0) is 32.5 Å². The number of para-hydroxylation sites is 1. The number of aromatic hydroxyl groups is 1. The van der Waals surface area contributed by atoms with Gasteiger partial charge in [-0.15, -0.1) is 0 Å². The van der Waals surface area contributed by atoms with Crippen LogP contribution in [0.1, 0.15) is 185 Å². The second-order valence-electron chi connectivity index (χ2n) is 22.8. The molecule has 0 spiro atoms. The fourth-order valence-electron chi connectivity index (χ4n) is 8.98. The smallest absolute Gasteiger partial charge is 0.149 e. The van der Waals surface area contributed by atoms with Gasteiger partial charge in [-0.25, -0.2) is 4.98 Å². The van der Waals surface area contributed by atoms with E-state index in [4.69, 9.17) is 34.6 Å². The minimum atomic E-state index is -4.44. The van der Waals surface area contributed by atoms with Crippen LogP contribution < -0.4 is 0 Å². The molecule has 0 aliphatic rings. The van der Waals surface area contributed by atoms with Gasteiger partial charge in [-0.05, 0) is 137 Å². The van der Waals surface area contributed by atoms with Crippen LogP contribution in [0.5, 0.6) is 5.75 Å². The minimum Gasteiger partial charge on any atom is -0.507 e. The Balaban J connectivity index is 1.68. The molecule has 0 amide bonds. The number of pyridine rings is 1. The summed E-state index contributed by atoms with van der Waals surface area (Å²) in [6.45, 7) is -1.89. The number of nitrogens with zero attached hydrogens (tertiary/aromatic N) is 3. The summed E-state index contributed by atoms with van der Waals surface area (Å²) in [5, 5.41) is 13.4. The number of fused-ring (bicyclic) bond motifs is 1. The summed E-state index contributed by atoms with van der Waals surface area (Å²) < 4.78 is 182. The van der Waals surface area contributed by atoms with Crippen molar-refractivity contribution in [3.05, 3.63) is 167 Å². The van der Waals surface area contributed by atoms with Crippen LogP contribution in [-0.4, -0.2) is 19.6 Å². The fourth-order valence-corrected chi connectivity index (χ4v) is 8.98. The first-order valence-corrected chi connectivity index (χ1v) is 23.6. The minimum absolute atomic E-state index is 0.0799. The van der Waals surface area contributed by atoms with Gasteiger partial charge in [-0.2, -0.15) is 0 Å². The van der Waals surface area contributed by atoms with E-state index >= 15 is 0 Å². The van der Waals surface area contributed by atoms with Gasteiger partial charge in [0.2, 0.25) is 0 Å². The third-order valence-electron chi connectivity index (χ3n) is 12.9. The SMILES string of the molecule is [2H]c1c(-c2nc3c(-c4cc(-c5cc(-c6ccc(C(C)(C)C)cc6)ccn5)cc(C(C)(C)C)c4)cccc3n2-c2c(C(C)(C)C)cc(-c3ccccc3)cc2C(C)(C)C)c(O)c(C(C([2H])([2H])[2H])(C([2H])([2H])[2H])C([2H])([2H])[2H])c([2H])c1C(C([2H])([2H])[2H])(C([2H])([2H])[2H])C([2H])([2H])[2H]. The van der Waals surface area contributed by atoms with Gasteiger partial charge in [-0.1, -0.05) is 203 Å². The molecule has 2 aromatic heterocycles. The monoisotopic (exact) mass is 948 g/mol. The molecule has 0 aliphatic carbocycles. The van der Waals surface area contributed by atoms with Gasteiger partial charge < -0.3 is 5.11 Å². The molecule has 0 saturated heterocycles. The second-order valence-corrected chi connectivity index (χ2v) is 22.8. The topological polar surface area (TPSA) is 50.9 Å². The van der Waals surface area contributed by atoms with Crippen LogP contribution in [0.4, 0.5) is 0 Å². The molecule has 4 heteroatoms. The van der Waals surface area contributed by atoms with E-state index in [-0.39, 0.29) is 16.4 Å². The van der Waals surface area contributed by atoms with Crippen LogP contribution >= 0.6 is 0 Å². The highest BCUT2D eigenvalue weighted by molar-refractivity contribution is 5.97. The molecule has 0 unspecified atom stereocenters. The van der Waals surface area contributed by atoms with Gasteiger partial charge in [0.05, 0.1) is 30.7 Å². The first-order valence-electron chi connectivity index (χ1n) is 33.6. The summed E-state index contributed by atoms with van der Waals surface area (Å²) in [4.78, 5) is 10.1. The van der Waals surface area contributed by atoms with Crippen molar-refractivity contribution in [2.45, 2.75) is 157 Å². The molecular weight excluding hydrogens is 851 g/mol. The Bertz CT molecular complexity index is 3860. The standard InChI is InChI=1S/C66H77N3O/c1-61(2,3)47-29-27-42(28-30-47)43-31-32-67-55(38-43)46-33-45(34-48(35-46)62(4,5)6)50-25-22-26-56-57(50)68-60(51-39-49(63(7,8)9)40-54(59(51)70)66(16,17)18)69(56)58-52(64(10,11)12)36-44(37-53(58)65(13,14)15)41-23-20-19-21-24-41/h19-40,70H,1-18H3/i7D3,8D3,9D3,16D3,17D3,18D3,39D,40D. The van der Waals surface area contributed by atoms with Crippen LogP contribution in [0.2, 0.25) is 0 Å². The first kappa shape index (κ1) is 30.5. The van der Waals surface area contributed by atoms with Gasteiger partial charge in [0.1, 0.15) is 11.6 Å². The van der Waals surface area contributed by atoms with E-state index in [1.165, 1.54) is 4.57 Å². The van der Waals surface area contributed by atoms with Crippen molar-refractivity contribution in [1.29, 1.82) is 0 Å². The molecule has 70 heavy (non-hydrogen) atoms. The maximum Gasteiger partial charge on any atom is 0.149 e. The van der Waals surface area contributed by atoms with E-state index in [0.717, 1.165) is 33.4 Å². The quantitative estimate of drug-likeness (QED) is 0.181. The van der Waals surface area contributed by atoms with Crippen LogP contribution in [0.15, 0.2) is 134 Å². The second kappa shape index (κ2) is 17.5. The Hall–Kier alpha value is -6.26.